The number of anilines is 1. The maximum absolute atomic E-state index is 11.0. The van der Waals surface area contributed by atoms with E-state index < -0.39 is 4.92 Å². The third kappa shape index (κ3) is 3.00. The fraction of sp³-hybridized carbons (Fsp3) is 0.267. The van der Waals surface area contributed by atoms with E-state index in [0.29, 0.717) is 10.8 Å². The summed E-state index contributed by atoms with van der Waals surface area (Å²) in [4.78, 5) is 16.0. The Bertz CT molecular complexity index is 703. The normalized spacial score (nSPS) is 13.0. The van der Waals surface area contributed by atoms with Gasteiger partial charge in [-0.25, -0.2) is 4.98 Å². The SMILES string of the molecule is CNc1cc([N+](=O)[O-])cc(Sc2ccc3c(c2)CCC3)n1. The molecule has 0 bridgehead atoms. The zero-order valence-corrected chi connectivity index (χ0v) is 12.4. The molecule has 0 radical (unpaired) electrons. The number of hydrogen-bond donors (Lipinski definition) is 1. The molecule has 0 saturated heterocycles. The van der Waals surface area contributed by atoms with Gasteiger partial charge in [-0.3, -0.25) is 10.1 Å². The third-order valence-electron chi connectivity index (χ3n) is 3.55. The molecule has 1 N–H and O–H groups in total. The summed E-state index contributed by atoms with van der Waals surface area (Å²) in [5.41, 5.74) is 2.86. The second kappa shape index (κ2) is 5.73. The molecule has 3 rings (SSSR count). The van der Waals surface area contributed by atoms with Crippen LogP contribution in [-0.4, -0.2) is 17.0 Å². The van der Waals surface area contributed by atoms with Gasteiger partial charge in [-0.1, -0.05) is 17.8 Å². The minimum Gasteiger partial charge on any atom is -0.373 e. The number of rotatable bonds is 4. The summed E-state index contributed by atoms with van der Waals surface area (Å²) in [6, 6.07) is 9.34. The van der Waals surface area contributed by atoms with Gasteiger partial charge in [0.25, 0.3) is 5.69 Å². The number of fused-ring (bicyclic) bond motifs is 1. The number of benzene rings is 1. The molecule has 0 unspecified atom stereocenters. The van der Waals surface area contributed by atoms with Crippen LogP contribution in [0.1, 0.15) is 17.5 Å². The van der Waals surface area contributed by atoms with Gasteiger partial charge in [-0.05, 0) is 42.5 Å². The summed E-state index contributed by atoms with van der Waals surface area (Å²) >= 11 is 1.46. The van der Waals surface area contributed by atoms with Crippen molar-refractivity contribution in [2.75, 3.05) is 12.4 Å². The fourth-order valence-corrected chi connectivity index (χ4v) is 3.41. The average Bonchev–Trinajstić information content (AvgIpc) is 2.94. The Morgan fingerprint density at radius 3 is 2.81 bits per heavy atom. The van der Waals surface area contributed by atoms with Crippen LogP contribution < -0.4 is 5.32 Å². The zero-order chi connectivity index (χ0) is 14.8. The van der Waals surface area contributed by atoms with Crippen molar-refractivity contribution in [2.45, 2.75) is 29.2 Å². The maximum atomic E-state index is 11.0. The van der Waals surface area contributed by atoms with Crippen LogP contribution in [0.25, 0.3) is 0 Å². The van der Waals surface area contributed by atoms with Crippen molar-refractivity contribution < 1.29 is 4.92 Å². The molecule has 1 aromatic heterocycles. The predicted molar refractivity (Wildman–Crippen MR) is 83.0 cm³/mol. The van der Waals surface area contributed by atoms with Crippen molar-refractivity contribution >= 4 is 23.3 Å². The summed E-state index contributed by atoms with van der Waals surface area (Å²) < 4.78 is 0. The first-order valence-corrected chi connectivity index (χ1v) is 7.61. The molecule has 0 aliphatic heterocycles. The molecule has 0 spiro atoms. The molecule has 0 atom stereocenters. The summed E-state index contributed by atoms with van der Waals surface area (Å²) in [7, 11) is 1.70. The smallest absolute Gasteiger partial charge is 0.275 e. The van der Waals surface area contributed by atoms with E-state index in [1.807, 2.05) is 0 Å². The van der Waals surface area contributed by atoms with Gasteiger partial charge in [-0.2, -0.15) is 0 Å². The van der Waals surface area contributed by atoms with Crippen molar-refractivity contribution in [1.29, 1.82) is 0 Å². The molecule has 21 heavy (non-hydrogen) atoms. The molecule has 5 nitrogen and oxygen atoms in total. The number of pyridine rings is 1. The van der Waals surface area contributed by atoms with Crippen LogP contribution in [0.3, 0.4) is 0 Å². The highest BCUT2D eigenvalue weighted by molar-refractivity contribution is 7.99. The highest BCUT2D eigenvalue weighted by Gasteiger charge is 2.14. The van der Waals surface area contributed by atoms with Gasteiger partial charge in [0, 0.05) is 18.0 Å². The molecule has 1 aliphatic rings. The van der Waals surface area contributed by atoms with Crippen LogP contribution in [-0.2, 0) is 12.8 Å². The van der Waals surface area contributed by atoms with E-state index in [1.165, 1.54) is 41.4 Å². The third-order valence-corrected chi connectivity index (χ3v) is 4.45. The summed E-state index contributed by atoms with van der Waals surface area (Å²) in [5, 5.41) is 14.5. The van der Waals surface area contributed by atoms with Crippen molar-refractivity contribution in [3.8, 4) is 0 Å². The minimum absolute atomic E-state index is 0.0537. The second-order valence-corrected chi connectivity index (χ2v) is 6.04. The first kappa shape index (κ1) is 13.9. The van der Waals surface area contributed by atoms with E-state index in [1.54, 1.807) is 7.05 Å². The highest BCUT2D eigenvalue weighted by Crippen LogP contribution is 2.33. The Labute approximate surface area is 126 Å². The molecule has 1 aliphatic carbocycles. The molecular formula is C15H15N3O2S. The van der Waals surface area contributed by atoms with Gasteiger partial charge in [-0.15, -0.1) is 0 Å². The van der Waals surface area contributed by atoms with Crippen LogP contribution >= 0.6 is 11.8 Å². The van der Waals surface area contributed by atoms with Crippen LogP contribution in [0.5, 0.6) is 0 Å². The van der Waals surface area contributed by atoms with Gasteiger partial charge < -0.3 is 5.32 Å². The largest absolute Gasteiger partial charge is 0.373 e. The van der Waals surface area contributed by atoms with Crippen molar-refractivity contribution in [1.82, 2.24) is 4.98 Å². The minimum atomic E-state index is -0.394. The molecule has 6 heteroatoms. The van der Waals surface area contributed by atoms with E-state index in [-0.39, 0.29) is 5.69 Å². The van der Waals surface area contributed by atoms with Crippen molar-refractivity contribution in [2.24, 2.45) is 0 Å². The Balaban J connectivity index is 1.90. The van der Waals surface area contributed by atoms with E-state index in [2.05, 4.69) is 28.5 Å². The molecule has 1 aromatic carbocycles. The van der Waals surface area contributed by atoms with Crippen LogP contribution in [0.15, 0.2) is 40.3 Å². The van der Waals surface area contributed by atoms with Crippen molar-refractivity contribution in [3.63, 3.8) is 0 Å². The highest BCUT2D eigenvalue weighted by atomic mass is 32.2. The lowest BCUT2D eigenvalue weighted by Gasteiger charge is -2.06. The first-order valence-electron chi connectivity index (χ1n) is 6.79. The molecule has 108 valence electrons. The second-order valence-electron chi connectivity index (χ2n) is 4.94. The summed E-state index contributed by atoms with van der Waals surface area (Å²) in [5.74, 6) is 0.507. The van der Waals surface area contributed by atoms with E-state index >= 15 is 0 Å². The topological polar surface area (TPSA) is 68.1 Å². The summed E-state index contributed by atoms with van der Waals surface area (Å²) in [6.45, 7) is 0. The number of aryl methyl sites for hydroxylation is 2. The van der Waals surface area contributed by atoms with Crippen LogP contribution in [0.2, 0.25) is 0 Å². The molecule has 1 heterocycles. The zero-order valence-electron chi connectivity index (χ0n) is 11.6. The molecule has 0 amide bonds. The lowest BCUT2D eigenvalue weighted by Crippen LogP contribution is -1.96. The van der Waals surface area contributed by atoms with Gasteiger partial charge in [0.15, 0.2) is 0 Å². The van der Waals surface area contributed by atoms with Gasteiger partial charge in [0.1, 0.15) is 10.8 Å². The van der Waals surface area contributed by atoms with E-state index in [0.717, 1.165) is 17.7 Å². The fourth-order valence-electron chi connectivity index (χ4n) is 2.51. The Morgan fingerprint density at radius 2 is 2.05 bits per heavy atom. The lowest BCUT2D eigenvalue weighted by molar-refractivity contribution is -0.385. The quantitative estimate of drug-likeness (QED) is 0.689. The van der Waals surface area contributed by atoms with Gasteiger partial charge >= 0.3 is 0 Å². The maximum Gasteiger partial charge on any atom is 0.275 e. The Morgan fingerprint density at radius 1 is 1.24 bits per heavy atom. The Kier molecular flexibility index (Phi) is 3.79. The Hall–Kier alpha value is -2.08. The number of nitro groups is 1. The van der Waals surface area contributed by atoms with Crippen LogP contribution in [0, 0.1) is 10.1 Å². The molecular weight excluding hydrogens is 286 g/mol. The first-order chi connectivity index (χ1) is 10.2. The molecule has 2 aromatic rings. The van der Waals surface area contributed by atoms with Gasteiger partial charge in [0.05, 0.1) is 11.0 Å². The predicted octanol–water partition coefficient (Wildman–Crippen LogP) is 3.67. The summed E-state index contributed by atoms with van der Waals surface area (Å²) in [6.07, 6.45) is 3.48. The van der Waals surface area contributed by atoms with Crippen LogP contribution in [0.4, 0.5) is 11.5 Å². The monoisotopic (exact) mass is 301 g/mol. The van der Waals surface area contributed by atoms with E-state index in [9.17, 15) is 10.1 Å². The number of nitrogens with one attached hydrogen (secondary N) is 1. The lowest BCUT2D eigenvalue weighted by atomic mass is 10.1. The standard InChI is InChI=1S/C15H15N3O2S/c1-16-14-8-12(18(19)20)9-15(17-14)21-13-6-5-10-3-2-4-11(10)7-13/h5-9H,2-4H2,1H3,(H,16,17). The number of hydrogen-bond acceptors (Lipinski definition) is 5. The number of aromatic nitrogens is 1. The van der Waals surface area contributed by atoms with Crippen molar-refractivity contribution in [3.05, 3.63) is 51.6 Å². The molecule has 0 fully saturated rings. The molecule has 0 saturated carbocycles. The van der Waals surface area contributed by atoms with Gasteiger partial charge in [0.2, 0.25) is 0 Å². The number of nitrogens with zero attached hydrogens (tertiary/aromatic N) is 2. The average molecular weight is 301 g/mol. The van der Waals surface area contributed by atoms with E-state index in [4.69, 9.17) is 0 Å².